The summed E-state index contributed by atoms with van der Waals surface area (Å²) in [5, 5.41) is 22.9. The molecule has 10 nitrogen and oxygen atoms in total. The highest BCUT2D eigenvalue weighted by Gasteiger charge is 2.13. The van der Waals surface area contributed by atoms with E-state index in [0.29, 0.717) is 17.0 Å². The number of non-ortho nitro benzene ring substituents is 1. The number of fused-ring (bicyclic) bond motifs is 1. The number of amides is 1. The molecule has 0 radical (unpaired) electrons. The van der Waals surface area contributed by atoms with Crippen molar-refractivity contribution in [2.24, 2.45) is 0 Å². The predicted molar refractivity (Wildman–Crippen MR) is 139 cm³/mol. The van der Waals surface area contributed by atoms with E-state index in [9.17, 15) is 14.9 Å². The Labute approximate surface area is 208 Å². The Kier molecular flexibility index (Phi) is 7.14. The van der Waals surface area contributed by atoms with E-state index in [1.165, 1.54) is 24.3 Å². The first kappa shape index (κ1) is 24.6. The Balaban J connectivity index is 1.48. The molecule has 0 unspecified atom stereocenters. The molecule has 1 aromatic heterocycles. The molecule has 0 saturated carbocycles. The molecular formula is C26H28N6O4. The van der Waals surface area contributed by atoms with Crippen molar-refractivity contribution in [2.45, 2.75) is 27.7 Å². The number of benzene rings is 3. The van der Waals surface area contributed by atoms with Crippen LogP contribution in [0.4, 0.5) is 17.1 Å². The van der Waals surface area contributed by atoms with Gasteiger partial charge in [-0.3, -0.25) is 14.9 Å². The van der Waals surface area contributed by atoms with Crippen LogP contribution < -0.4 is 15.0 Å². The number of carbonyl (C=O) groups excluding carboxylic acids is 1. The predicted octanol–water partition coefficient (Wildman–Crippen LogP) is 4.81. The van der Waals surface area contributed by atoms with Crippen LogP contribution in [0.1, 0.15) is 25.0 Å². The normalized spacial score (nSPS) is 10.9. The zero-order valence-corrected chi connectivity index (χ0v) is 20.7. The Bertz CT molecular complexity index is 1410. The molecule has 4 rings (SSSR count). The van der Waals surface area contributed by atoms with E-state index < -0.39 is 4.92 Å². The third kappa shape index (κ3) is 5.27. The Morgan fingerprint density at radius 2 is 1.67 bits per heavy atom. The van der Waals surface area contributed by atoms with Gasteiger partial charge in [0.2, 0.25) is 0 Å². The van der Waals surface area contributed by atoms with Crippen molar-refractivity contribution in [3.63, 3.8) is 0 Å². The molecule has 0 atom stereocenters. The number of aryl methyl sites for hydroxylation is 2. The Morgan fingerprint density at radius 3 is 2.28 bits per heavy atom. The summed E-state index contributed by atoms with van der Waals surface area (Å²) in [5.41, 5.74) is 5.90. The van der Waals surface area contributed by atoms with E-state index in [-0.39, 0.29) is 18.2 Å². The number of ether oxygens (including phenoxy) is 1. The van der Waals surface area contributed by atoms with Crippen molar-refractivity contribution >= 4 is 34.0 Å². The second-order valence-corrected chi connectivity index (χ2v) is 8.38. The van der Waals surface area contributed by atoms with E-state index in [0.717, 1.165) is 41.1 Å². The molecule has 1 heterocycles. The zero-order chi connectivity index (χ0) is 25.8. The third-order valence-corrected chi connectivity index (χ3v) is 5.94. The van der Waals surface area contributed by atoms with Gasteiger partial charge in [-0.15, -0.1) is 10.2 Å². The average molecular weight is 489 g/mol. The molecule has 0 aliphatic rings. The summed E-state index contributed by atoms with van der Waals surface area (Å²) >= 11 is 0. The molecule has 0 fully saturated rings. The van der Waals surface area contributed by atoms with Gasteiger partial charge in [-0.1, -0.05) is 0 Å². The van der Waals surface area contributed by atoms with E-state index in [1.54, 1.807) is 10.9 Å². The van der Waals surface area contributed by atoms with Crippen LogP contribution in [0.25, 0.3) is 16.7 Å². The van der Waals surface area contributed by atoms with Gasteiger partial charge in [0.05, 0.1) is 10.6 Å². The molecule has 0 aliphatic heterocycles. The van der Waals surface area contributed by atoms with Crippen molar-refractivity contribution in [1.29, 1.82) is 0 Å². The minimum Gasteiger partial charge on any atom is -0.484 e. The van der Waals surface area contributed by atoms with Gasteiger partial charge < -0.3 is 15.0 Å². The molecule has 186 valence electrons. The summed E-state index contributed by atoms with van der Waals surface area (Å²) in [6, 6.07) is 15.5. The van der Waals surface area contributed by atoms with Crippen LogP contribution in [0.2, 0.25) is 0 Å². The maximum atomic E-state index is 12.5. The van der Waals surface area contributed by atoms with Crippen LogP contribution >= 0.6 is 0 Å². The summed E-state index contributed by atoms with van der Waals surface area (Å²) in [7, 11) is 0. The minimum atomic E-state index is -0.492. The molecule has 4 aromatic rings. The van der Waals surface area contributed by atoms with Gasteiger partial charge in [-0.25, -0.2) is 0 Å². The number of anilines is 2. The van der Waals surface area contributed by atoms with Gasteiger partial charge in [-0.05, 0) is 81.3 Å². The summed E-state index contributed by atoms with van der Waals surface area (Å²) in [6.07, 6.45) is 0. The maximum absolute atomic E-state index is 12.5. The number of rotatable bonds is 9. The monoisotopic (exact) mass is 488 g/mol. The van der Waals surface area contributed by atoms with Gasteiger partial charge in [0.15, 0.2) is 6.61 Å². The van der Waals surface area contributed by atoms with Crippen molar-refractivity contribution in [2.75, 3.05) is 29.9 Å². The van der Waals surface area contributed by atoms with Crippen LogP contribution in [0.5, 0.6) is 5.75 Å². The van der Waals surface area contributed by atoms with Crippen molar-refractivity contribution in [1.82, 2.24) is 15.0 Å². The number of nitrogens with one attached hydrogen (secondary N) is 1. The fourth-order valence-electron chi connectivity index (χ4n) is 3.96. The molecule has 10 heteroatoms. The van der Waals surface area contributed by atoms with Crippen LogP contribution in [-0.2, 0) is 4.79 Å². The fraction of sp³-hybridized carbons (Fsp3) is 0.269. The molecule has 36 heavy (non-hydrogen) atoms. The first-order valence-electron chi connectivity index (χ1n) is 11.7. The van der Waals surface area contributed by atoms with Gasteiger partial charge >= 0.3 is 0 Å². The molecule has 3 aromatic carbocycles. The van der Waals surface area contributed by atoms with Crippen molar-refractivity contribution in [3.8, 4) is 11.4 Å². The van der Waals surface area contributed by atoms with E-state index in [2.05, 4.69) is 46.4 Å². The Morgan fingerprint density at radius 1 is 1.00 bits per heavy atom. The second-order valence-electron chi connectivity index (χ2n) is 8.38. The number of aromatic nitrogens is 3. The topological polar surface area (TPSA) is 115 Å². The van der Waals surface area contributed by atoms with Crippen molar-refractivity contribution in [3.05, 3.63) is 75.8 Å². The number of hydrogen-bond acceptors (Lipinski definition) is 7. The fourth-order valence-corrected chi connectivity index (χ4v) is 3.96. The maximum Gasteiger partial charge on any atom is 0.269 e. The van der Waals surface area contributed by atoms with E-state index in [1.807, 2.05) is 26.0 Å². The largest absolute Gasteiger partial charge is 0.484 e. The first-order chi connectivity index (χ1) is 17.3. The lowest BCUT2D eigenvalue weighted by Gasteiger charge is -2.22. The van der Waals surface area contributed by atoms with Crippen LogP contribution in [-0.4, -0.2) is 45.5 Å². The summed E-state index contributed by atoms with van der Waals surface area (Å²) in [5.74, 6) is 0.0132. The average Bonchev–Trinajstić information content (AvgIpc) is 3.26. The first-order valence-corrected chi connectivity index (χ1v) is 11.7. The highest BCUT2D eigenvalue weighted by Crippen LogP contribution is 2.25. The lowest BCUT2D eigenvalue weighted by molar-refractivity contribution is -0.384. The number of carbonyl (C=O) groups is 1. The van der Waals surface area contributed by atoms with E-state index >= 15 is 0 Å². The zero-order valence-electron chi connectivity index (χ0n) is 20.7. The number of nitro groups is 1. The summed E-state index contributed by atoms with van der Waals surface area (Å²) < 4.78 is 5.45. The lowest BCUT2D eigenvalue weighted by Crippen LogP contribution is -2.21. The summed E-state index contributed by atoms with van der Waals surface area (Å²) in [4.78, 5) is 26.6. The Hall–Kier alpha value is -4.47. The molecule has 1 amide bonds. The molecule has 0 saturated heterocycles. The highest BCUT2D eigenvalue weighted by molar-refractivity contribution is 5.95. The molecule has 0 spiro atoms. The summed E-state index contributed by atoms with van der Waals surface area (Å²) in [6.45, 7) is 9.83. The molecular weight excluding hydrogens is 460 g/mol. The highest BCUT2D eigenvalue weighted by atomic mass is 16.6. The standard InChI is InChI=1S/C26H28N6O4/c1-5-30(6-2)20-9-12-25(18(4)13-20)31-28-23-14-17(3)22(15-24(23)29-31)27-26(33)16-36-21-10-7-19(8-11-21)32(34)35/h7-15H,5-6,16H2,1-4H3,(H,27,33). The number of hydrogen-bond donors (Lipinski definition) is 1. The van der Waals surface area contributed by atoms with Gasteiger partial charge in [0.25, 0.3) is 11.6 Å². The smallest absolute Gasteiger partial charge is 0.269 e. The van der Waals surface area contributed by atoms with Crippen LogP contribution in [0.15, 0.2) is 54.6 Å². The molecule has 1 N–H and O–H groups in total. The van der Waals surface area contributed by atoms with Crippen molar-refractivity contribution < 1.29 is 14.5 Å². The third-order valence-electron chi connectivity index (χ3n) is 5.94. The SMILES string of the molecule is CCN(CC)c1ccc(-n2nc3cc(C)c(NC(=O)COc4ccc([N+](=O)[O-])cc4)cc3n2)c(C)c1. The van der Waals surface area contributed by atoms with Crippen LogP contribution in [0.3, 0.4) is 0 Å². The van der Waals surface area contributed by atoms with E-state index in [4.69, 9.17) is 4.74 Å². The molecule has 0 bridgehead atoms. The number of nitrogens with zero attached hydrogens (tertiary/aromatic N) is 5. The number of nitro benzene ring substituents is 1. The minimum absolute atomic E-state index is 0.0428. The quantitative estimate of drug-likeness (QED) is 0.265. The van der Waals surface area contributed by atoms with Gasteiger partial charge in [0, 0.05) is 36.6 Å². The van der Waals surface area contributed by atoms with Crippen LogP contribution in [0, 0.1) is 24.0 Å². The second kappa shape index (κ2) is 10.4. The molecule has 0 aliphatic carbocycles. The van der Waals surface area contributed by atoms with Gasteiger partial charge in [-0.2, -0.15) is 4.80 Å². The van der Waals surface area contributed by atoms with Gasteiger partial charge in [0.1, 0.15) is 16.8 Å². The lowest BCUT2D eigenvalue weighted by atomic mass is 10.1.